The second kappa shape index (κ2) is 5.80. The Morgan fingerprint density at radius 2 is 2.05 bits per heavy atom. The van der Waals surface area contributed by atoms with Crippen LogP contribution in [0.1, 0.15) is 33.6 Å². The SMILES string of the molecule is C=CC1C(COC)C2CC[C@@]1(CO[Si](C)(C)C(C)(C)C)O2. The lowest BCUT2D eigenvalue weighted by Gasteiger charge is -2.41. The van der Waals surface area contributed by atoms with Gasteiger partial charge in [-0.15, -0.1) is 6.58 Å². The van der Waals surface area contributed by atoms with Crippen molar-refractivity contribution in [2.45, 2.75) is 63.5 Å². The van der Waals surface area contributed by atoms with Gasteiger partial charge in [-0.3, -0.25) is 0 Å². The fourth-order valence-electron chi connectivity index (χ4n) is 3.49. The smallest absolute Gasteiger partial charge is 0.192 e. The number of hydrogen-bond donors (Lipinski definition) is 0. The molecule has 0 aromatic carbocycles. The van der Waals surface area contributed by atoms with Crippen LogP contribution in [0.2, 0.25) is 18.1 Å². The zero-order valence-electron chi connectivity index (χ0n) is 14.6. The van der Waals surface area contributed by atoms with E-state index < -0.39 is 8.32 Å². The van der Waals surface area contributed by atoms with E-state index in [9.17, 15) is 0 Å². The molecule has 0 aromatic heterocycles. The van der Waals surface area contributed by atoms with E-state index in [1.165, 1.54) is 0 Å². The van der Waals surface area contributed by atoms with Crippen LogP contribution in [0.3, 0.4) is 0 Å². The molecule has 3 nitrogen and oxygen atoms in total. The first-order valence-electron chi connectivity index (χ1n) is 8.10. The number of methoxy groups -OCH3 is 1. The molecule has 2 aliphatic heterocycles. The van der Waals surface area contributed by atoms with Crippen LogP contribution in [0.5, 0.6) is 0 Å². The van der Waals surface area contributed by atoms with Gasteiger partial charge in [0.05, 0.1) is 24.9 Å². The Morgan fingerprint density at radius 3 is 2.57 bits per heavy atom. The van der Waals surface area contributed by atoms with E-state index in [-0.39, 0.29) is 10.6 Å². The highest BCUT2D eigenvalue weighted by atomic mass is 28.4. The molecule has 0 amide bonds. The van der Waals surface area contributed by atoms with Crippen molar-refractivity contribution >= 4 is 8.32 Å². The lowest BCUT2D eigenvalue weighted by atomic mass is 9.72. The summed E-state index contributed by atoms with van der Waals surface area (Å²) in [6.45, 7) is 17.0. The number of fused-ring (bicyclic) bond motifs is 2. The van der Waals surface area contributed by atoms with Crippen LogP contribution in [-0.2, 0) is 13.9 Å². The van der Waals surface area contributed by atoms with Crippen molar-refractivity contribution in [2.75, 3.05) is 20.3 Å². The summed E-state index contributed by atoms with van der Waals surface area (Å²) in [6, 6.07) is 0. The Balaban J connectivity index is 2.10. The molecule has 122 valence electrons. The van der Waals surface area contributed by atoms with Crippen molar-refractivity contribution in [3.05, 3.63) is 12.7 Å². The normalized spacial score (nSPS) is 36.2. The molecule has 0 N–H and O–H groups in total. The van der Waals surface area contributed by atoms with Crippen LogP contribution in [0.25, 0.3) is 0 Å². The third-order valence-corrected chi connectivity index (χ3v) is 10.4. The molecule has 2 bridgehead atoms. The van der Waals surface area contributed by atoms with E-state index in [2.05, 4.69) is 46.5 Å². The molecule has 0 aromatic rings. The molecule has 2 aliphatic rings. The molecule has 21 heavy (non-hydrogen) atoms. The van der Waals surface area contributed by atoms with Crippen LogP contribution in [0.4, 0.5) is 0 Å². The first kappa shape index (κ1) is 17.2. The number of rotatable bonds is 6. The predicted octanol–water partition coefficient (Wildman–Crippen LogP) is 4.00. The van der Waals surface area contributed by atoms with E-state index >= 15 is 0 Å². The van der Waals surface area contributed by atoms with Gasteiger partial charge < -0.3 is 13.9 Å². The van der Waals surface area contributed by atoms with Crippen LogP contribution >= 0.6 is 0 Å². The Bertz CT molecular complexity index is 388. The van der Waals surface area contributed by atoms with E-state index in [0.717, 1.165) is 19.4 Å². The van der Waals surface area contributed by atoms with Gasteiger partial charge in [0.25, 0.3) is 0 Å². The molecule has 0 spiro atoms. The van der Waals surface area contributed by atoms with E-state index in [1.807, 2.05) is 0 Å². The van der Waals surface area contributed by atoms with Gasteiger partial charge in [-0.05, 0) is 31.0 Å². The molecule has 0 radical (unpaired) electrons. The summed E-state index contributed by atoms with van der Waals surface area (Å²) in [5.74, 6) is 0.783. The molecule has 2 fully saturated rings. The highest BCUT2D eigenvalue weighted by molar-refractivity contribution is 6.74. The highest BCUT2D eigenvalue weighted by Gasteiger charge is 2.58. The zero-order valence-corrected chi connectivity index (χ0v) is 15.6. The molecule has 0 saturated carbocycles. The summed E-state index contributed by atoms with van der Waals surface area (Å²) in [5.41, 5.74) is -0.162. The molecule has 2 heterocycles. The van der Waals surface area contributed by atoms with Crippen molar-refractivity contribution in [1.29, 1.82) is 0 Å². The van der Waals surface area contributed by atoms with Crippen molar-refractivity contribution in [3.63, 3.8) is 0 Å². The van der Waals surface area contributed by atoms with Gasteiger partial charge in [0.2, 0.25) is 0 Å². The summed E-state index contributed by atoms with van der Waals surface area (Å²) in [5, 5.41) is 0.232. The van der Waals surface area contributed by atoms with Gasteiger partial charge in [0.15, 0.2) is 8.32 Å². The molecule has 4 heteroatoms. The summed E-state index contributed by atoms with van der Waals surface area (Å²) < 4.78 is 18.3. The number of hydrogen-bond acceptors (Lipinski definition) is 3. The average molecular weight is 313 g/mol. The van der Waals surface area contributed by atoms with Crippen LogP contribution in [-0.4, -0.2) is 40.3 Å². The van der Waals surface area contributed by atoms with Crippen molar-refractivity contribution in [3.8, 4) is 0 Å². The van der Waals surface area contributed by atoms with Gasteiger partial charge >= 0.3 is 0 Å². The summed E-state index contributed by atoms with van der Waals surface area (Å²) in [7, 11) is 0.0232. The van der Waals surface area contributed by atoms with E-state index in [0.29, 0.717) is 24.5 Å². The second-order valence-electron chi connectivity index (χ2n) is 8.19. The first-order chi connectivity index (χ1) is 9.67. The third kappa shape index (κ3) is 3.00. The third-order valence-electron chi connectivity index (χ3n) is 5.88. The number of ether oxygens (including phenoxy) is 2. The summed E-state index contributed by atoms with van der Waals surface area (Å²) >= 11 is 0. The topological polar surface area (TPSA) is 27.7 Å². The lowest BCUT2D eigenvalue weighted by Crippen LogP contribution is -2.48. The molecule has 4 atom stereocenters. The standard InChI is InChI=1S/C17H32O3Si/c1-8-14-13(11-18-5)15-9-10-17(14,20-15)12-19-21(6,7)16(2,3)4/h8,13-15H,1,9-12H2,2-7H3/t13?,14?,15?,17-/m0/s1. The summed E-state index contributed by atoms with van der Waals surface area (Å²) in [6.07, 6.45) is 4.59. The maximum Gasteiger partial charge on any atom is 0.192 e. The van der Waals surface area contributed by atoms with Gasteiger partial charge in [0.1, 0.15) is 0 Å². The van der Waals surface area contributed by atoms with E-state index in [1.54, 1.807) is 7.11 Å². The van der Waals surface area contributed by atoms with Crippen LogP contribution < -0.4 is 0 Å². The second-order valence-corrected chi connectivity index (χ2v) is 13.0. The van der Waals surface area contributed by atoms with Gasteiger partial charge in [-0.2, -0.15) is 0 Å². The minimum atomic E-state index is -1.75. The highest BCUT2D eigenvalue weighted by Crippen LogP contribution is 2.52. The molecular formula is C17H32O3Si. The first-order valence-corrected chi connectivity index (χ1v) is 11.0. The fourth-order valence-corrected chi connectivity index (χ4v) is 4.53. The van der Waals surface area contributed by atoms with E-state index in [4.69, 9.17) is 13.9 Å². The largest absolute Gasteiger partial charge is 0.414 e. The fraction of sp³-hybridized carbons (Fsp3) is 0.882. The maximum atomic E-state index is 6.48. The van der Waals surface area contributed by atoms with Crippen molar-refractivity contribution in [2.24, 2.45) is 11.8 Å². The minimum Gasteiger partial charge on any atom is -0.414 e. The van der Waals surface area contributed by atoms with Crippen LogP contribution in [0, 0.1) is 11.8 Å². The Labute approximate surface area is 131 Å². The van der Waals surface area contributed by atoms with Crippen LogP contribution in [0.15, 0.2) is 12.7 Å². The minimum absolute atomic E-state index is 0.162. The van der Waals surface area contributed by atoms with Gasteiger partial charge in [-0.1, -0.05) is 26.8 Å². The molecule has 2 saturated heterocycles. The Hall–Kier alpha value is -0.163. The zero-order chi connectivity index (χ0) is 15.9. The maximum absolute atomic E-state index is 6.48. The quantitative estimate of drug-likeness (QED) is 0.548. The summed E-state index contributed by atoms with van der Waals surface area (Å²) in [4.78, 5) is 0. The molecule has 2 rings (SSSR count). The van der Waals surface area contributed by atoms with Crippen molar-refractivity contribution in [1.82, 2.24) is 0 Å². The molecule has 0 aliphatic carbocycles. The van der Waals surface area contributed by atoms with Gasteiger partial charge in [-0.25, -0.2) is 0 Å². The monoisotopic (exact) mass is 312 g/mol. The Morgan fingerprint density at radius 1 is 1.38 bits per heavy atom. The molecule has 3 unspecified atom stereocenters. The average Bonchev–Trinajstić information content (AvgIpc) is 2.92. The lowest BCUT2D eigenvalue weighted by molar-refractivity contribution is -0.0370. The predicted molar refractivity (Wildman–Crippen MR) is 89.0 cm³/mol. The van der Waals surface area contributed by atoms with Gasteiger partial charge in [0, 0.05) is 18.9 Å². The molecular weight excluding hydrogens is 280 g/mol. The van der Waals surface area contributed by atoms with Crippen molar-refractivity contribution < 1.29 is 13.9 Å². The Kier molecular flexibility index (Phi) is 4.75.